The summed E-state index contributed by atoms with van der Waals surface area (Å²) in [4.78, 5) is 31.0. The lowest BCUT2D eigenvalue weighted by Gasteiger charge is -2.10. The Kier molecular flexibility index (Phi) is 3.57. The summed E-state index contributed by atoms with van der Waals surface area (Å²) in [5, 5.41) is 9.61. The Morgan fingerprint density at radius 3 is 2.73 bits per heavy atom. The van der Waals surface area contributed by atoms with Gasteiger partial charge in [-0.25, -0.2) is 14.8 Å². The zero-order chi connectivity index (χ0) is 18.3. The van der Waals surface area contributed by atoms with Crippen LogP contribution in [0.5, 0.6) is 0 Å². The van der Waals surface area contributed by atoms with Crippen LogP contribution >= 0.6 is 0 Å². The summed E-state index contributed by atoms with van der Waals surface area (Å²) < 4.78 is 11.4. The smallest absolute Gasteiger partial charge is 0.331 e. The van der Waals surface area contributed by atoms with Gasteiger partial charge in [-0.1, -0.05) is 18.2 Å². The van der Waals surface area contributed by atoms with Gasteiger partial charge in [0.1, 0.15) is 17.3 Å². The third kappa shape index (κ3) is 2.73. The molecule has 2 aliphatic rings. The van der Waals surface area contributed by atoms with E-state index in [2.05, 4.69) is 9.97 Å². The predicted molar refractivity (Wildman–Crippen MR) is 92.8 cm³/mol. The molecule has 7 nitrogen and oxygen atoms in total. The van der Waals surface area contributed by atoms with E-state index in [4.69, 9.17) is 13.9 Å². The summed E-state index contributed by atoms with van der Waals surface area (Å²) in [7, 11) is 0. The van der Waals surface area contributed by atoms with Gasteiger partial charge in [0.25, 0.3) is 11.8 Å². The number of carbonyl (C=O) groups excluding carboxylic acids is 1. The number of rotatable bonds is 3. The van der Waals surface area contributed by atoms with E-state index in [0.29, 0.717) is 22.2 Å². The number of hydrogen-bond acceptors (Lipinski definition) is 6. The van der Waals surface area contributed by atoms with Gasteiger partial charge in [0, 0.05) is 12.0 Å². The normalized spacial score (nSPS) is 20.7. The molecule has 0 saturated carbocycles. The van der Waals surface area contributed by atoms with Gasteiger partial charge in [-0.05, 0) is 31.2 Å². The molecule has 2 aromatic heterocycles. The average molecular weight is 350 g/mol. The third-order valence-corrected chi connectivity index (χ3v) is 4.22. The molecule has 0 saturated heterocycles. The molecule has 0 bridgehead atoms. The first-order valence-electron chi connectivity index (χ1n) is 7.95. The van der Waals surface area contributed by atoms with Crippen LogP contribution in [0.4, 0.5) is 0 Å². The first-order chi connectivity index (χ1) is 12.5. The summed E-state index contributed by atoms with van der Waals surface area (Å²) in [6, 6.07) is 0. The minimum Gasteiger partial charge on any atom is -0.478 e. The molecular formula is C19H14N2O5. The standard InChI is InChI=1S/C19H14N2O5/c1-19(10-22)8-6-13-15(7-9-19)26-17(21-13)16-20-12-4-2-11(18(23)24)3-5-14(12)25-16/h3-10H,2H2,1H3,(H,23,24). The lowest BCUT2D eigenvalue weighted by atomic mass is 9.92. The number of carbonyl (C=O) groups is 2. The number of nitrogens with zero attached hydrogens (tertiary/aromatic N) is 2. The van der Waals surface area contributed by atoms with Crippen LogP contribution in [0.1, 0.15) is 24.8 Å². The number of allylic oxidation sites excluding steroid dienone is 3. The molecule has 1 atom stereocenters. The molecule has 2 aromatic rings. The van der Waals surface area contributed by atoms with Crippen molar-refractivity contribution in [2.45, 2.75) is 13.3 Å². The number of aldehydes is 1. The van der Waals surface area contributed by atoms with Gasteiger partial charge < -0.3 is 18.7 Å². The zero-order valence-electron chi connectivity index (χ0n) is 13.8. The Morgan fingerprint density at radius 2 is 1.96 bits per heavy atom. The minimum absolute atomic E-state index is 0.211. The Hall–Kier alpha value is -3.48. The Balaban J connectivity index is 1.73. The van der Waals surface area contributed by atoms with Gasteiger partial charge >= 0.3 is 5.97 Å². The van der Waals surface area contributed by atoms with Gasteiger partial charge in [-0.3, -0.25) is 0 Å². The lowest BCUT2D eigenvalue weighted by Crippen LogP contribution is -2.20. The second-order valence-electron chi connectivity index (χ2n) is 6.26. The van der Waals surface area contributed by atoms with Gasteiger partial charge in [0.15, 0.2) is 11.2 Å². The van der Waals surface area contributed by atoms with E-state index in [9.17, 15) is 9.59 Å². The number of carboxylic acids is 1. The van der Waals surface area contributed by atoms with E-state index in [1.54, 1.807) is 43.4 Å². The molecular weight excluding hydrogens is 336 g/mol. The molecule has 0 amide bonds. The average Bonchev–Trinajstić information content (AvgIpc) is 3.12. The largest absolute Gasteiger partial charge is 0.478 e. The summed E-state index contributed by atoms with van der Waals surface area (Å²) in [5.74, 6) is -0.0320. The molecule has 2 aliphatic carbocycles. The molecule has 1 unspecified atom stereocenters. The zero-order valence-corrected chi connectivity index (χ0v) is 13.8. The van der Waals surface area contributed by atoms with Crippen LogP contribution in [0.25, 0.3) is 36.1 Å². The maximum atomic E-state index is 11.2. The van der Waals surface area contributed by atoms with E-state index < -0.39 is 11.4 Å². The van der Waals surface area contributed by atoms with Gasteiger partial charge in [0.05, 0.1) is 5.41 Å². The van der Waals surface area contributed by atoms with Crippen molar-refractivity contribution in [3.63, 3.8) is 0 Å². The van der Waals surface area contributed by atoms with Crippen molar-refractivity contribution in [1.82, 2.24) is 9.97 Å². The van der Waals surface area contributed by atoms with E-state index in [-0.39, 0.29) is 23.8 Å². The Morgan fingerprint density at radius 1 is 1.19 bits per heavy atom. The number of aliphatic carboxylic acids is 1. The number of fused-ring (bicyclic) bond motifs is 2. The number of aromatic nitrogens is 2. The van der Waals surface area contributed by atoms with E-state index in [1.165, 1.54) is 6.08 Å². The number of hydrogen-bond donors (Lipinski definition) is 1. The topological polar surface area (TPSA) is 106 Å². The van der Waals surface area contributed by atoms with Crippen LogP contribution < -0.4 is 10.8 Å². The maximum absolute atomic E-state index is 11.2. The van der Waals surface area contributed by atoms with Gasteiger partial charge in [0.2, 0.25) is 0 Å². The van der Waals surface area contributed by atoms with Crippen LogP contribution in [0.3, 0.4) is 0 Å². The first-order valence-corrected chi connectivity index (χ1v) is 7.95. The van der Waals surface area contributed by atoms with E-state index in [1.807, 2.05) is 0 Å². The summed E-state index contributed by atoms with van der Waals surface area (Å²) >= 11 is 0. The van der Waals surface area contributed by atoms with E-state index >= 15 is 0 Å². The SMILES string of the molecule is CC1(C=O)C=Cc2nc(-c3nc4c(o3)=CC=C(C(=O)O)CC=4)oc2C=C1. The molecule has 4 rings (SSSR count). The van der Waals surface area contributed by atoms with Gasteiger partial charge in [-0.2, -0.15) is 0 Å². The van der Waals surface area contributed by atoms with Crippen molar-refractivity contribution >= 4 is 36.6 Å². The van der Waals surface area contributed by atoms with Crippen LogP contribution in [-0.2, 0) is 9.59 Å². The maximum Gasteiger partial charge on any atom is 0.331 e. The quantitative estimate of drug-likeness (QED) is 0.837. The summed E-state index contributed by atoms with van der Waals surface area (Å²) in [6.07, 6.45) is 12.8. The molecule has 0 aliphatic heterocycles. The van der Waals surface area contributed by atoms with Crippen molar-refractivity contribution in [3.8, 4) is 11.8 Å². The lowest BCUT2D eigenvalue weighted by molar-refractivity contribution is -0.132. The van der Waals surface area contributed by atoms with Crippen molar-refractivity contribution in [2.24, 2.45) is 5.41 Å². The highest BCUT2D eigenvalue weighted by Gasteiger charge is 2.22. The number of carboxylic acid groups (broad SMARTS) is 1. The molecule has 26 heavy (non-hydrogen) atoms. The fourth-order valence-electron chi connectivity index (χ4n) is 2.63. The third-order valence-electron chi connectivity index (χ3n) is 4.22. The van der Waals surface area contributed by atoms with Crippen molar-refractivity contribution < 1.29 is 23.5 Å². The molecule has 0 spiro atoms. The summed E-state index contributed by atoms with van der Waals surface area (Å²) in [6.45, 7) is 1.79. The van der Waals surface area contributed by atoms with Crippen molar-refractivity contribution in [3.05, 3.63) is 46.0 Å². The van der Waals surface area contributed by atoms with Crippen molar-refractivity contribution in [2.75, 3.05) is 0 Å². The molecule has 0 aromatic carbocycles. The van der Waals surface area contributed by atoms with Crippen LogP contribution in [-0.4, -0.2) is 27.3 Å². The highest BCUT2D eigenvalue weighted by molar-refractivity contribution is 5.89. The number of oxazole rings is 2. The van der Waals surface area contributed by atoms with E-state index in [0.717, 1.165) is 6.29 Å². The second kappa shape index (κ2) is 5.80. The highest BCUT2D eigenvalue weighted by Crippen LogP contribution is 2.29. The van der Waals surface area contributed by atoms with Crippen LogP contribution in [0.15, 0.2) is 32.6 Å². The minimum atomic E-state index is -0.972. The molecule has 1 N–H and O–H groups in total. The van der Waals surface area contributed by atoms with Gasteiger partial charge in [-0.15, -0.1) is 0 Å². The van der Waals surface area contributed by atoms with Crippen LogP contribution in [0.2, 0.25) is 0 Å². The Labute approximate surface area is 147 Å². The molecule has 0 fully saturated rings. The monoisotopic (exact) mass is 350 g/mol. The van der Waals surface area contributed by atoms with Crippen LogP contribution in [0, 0.1) is 5.41 Å². The summed E-state index contributed by atoms with van der Waals surface area (Å²) in [5.41, 5.74) is 0.596. The predicted octanol–water partition coefficient (Wildman–Crippen LogP) is 1.55. The van der Waals surface area contributed by atoms with Crippen molar-refractivity contribution in [1.29, 1.82) is 0 Å². The second-order valence-corrected chi connectivity index (χ2v) is 6.26. The molecule has 0 radical (unpaired) electrons. The fourth-order valence-corrected chi connectivity index (χ4v) is 2.63. The fraction of sp³-hybridized carbons (Fsp3) is 0.158. The first kappa shape index (κ1) is 16.0. The molecule has 130 valence electrons. The Bertz CT molecular complexity index is 1100. The molecule has 7 heteroatoms. The molecule has 2 heterocycles. The highest BCUT2D eigenvalue weighted by atomic mass is 16.4.